The second-order valence-electron chi connectivity index (χ2n) is 5.69. The lowest BCUT2D eigenvalue weighted by molar-refractivity contribution is 0.705. The number of pyridine rings is 1. The molecule has 0 amide bonds. The van der Waals surface area contributed by atoms with E-state index in [1.54, 1.807) is 0 Å². The molecule has 4 heteroatoms. The maximum absolute atomic E-state index is 5.96. The van der Waals surface area contributed by atoms with Gasteiger partial charge in [-0.15, -0.1) is 0 Å². The molecule has 1 aromatic carbocycles. The lowest BCUT2D eigenvalue weighted by Crippen LogP contribution is -2.30. The Labute approximate surface area is 131 Å². The van der Waals surface area contributed by atoms with Crippen LogP contribution in [0.3, 0.4) is 0 Å². The number of unbranched alkanes of at least 4 members (excludes halogenated alkanes) is 1. The number of anilines is 1. The lowest BCUT2D eigenvalue weighted by Gasteiger charge is -2.26. The average Bonchev–Trinajstić information content (AvgIpc) is 3.31. The van der Waals surface area contributed by atoms with Crippen molar-refractivity contribution in [2.75, 3.05) is 11.4 Å². The van der Waals surface area contributed by atoms with Gasteiger partial charge in [-0.2, -0.15) is 0 Å². The molecule has 1 aliphatic rings. The summed E-state index contributed by atoms with van der Waals surface area (Å²) in [4.78, 5) is 7.71. The van der Waals surface area contributed by atoms with Crippen molar-refractivity contribution in [1.82, 2.24) is 4.98 Å². The zero-order valence-electron chi connectivity index (χ0n) is 12.4. The normalized spacial score (nSPS) is 14.3. The fourth-order valence-electron chi connectivity index (χ4n) is 2.68. The van der Waals surface area contributed by atoms with E-state index in [1.165, 1.54) is 25.7 Å². The van der Waals surface area contributed by atoms with Crippen molar-refractivity contribution in [1.29, 1.82) is 0 Å². The smallest absolute Gasteiger partial charge is 0.139 e. The zero-order chi connectivity index (χ0) is 14.8. The van der Waals surface area contributed by atoms with Crippen LogP contribution in [0.2, 0.25) is 0 Å². The van der Waals surface area contributed by atoms with Crippen molar-refractivity contribution in [2.45, 2.75) is 38.6 Å². The van der Waals surface area contributed by atoms with Gasteiger partial charge in [0.15, 0.2) is 0 Å². The number of thiocarbonyl (C=S) groups is 1. The molecular weight excluding hydrogens is 278 g/mol. The van der Waals surface area contributed by atoms with Gasteiger partial charge in [0.05, 0.1) is 11.1 Å². The third kappa shape index (κ3) is 3.00. The number of benzene rings is 1. The summed E-state index contributed by atoms with van der Waals surface area (Å²) in [6.07, 6.45) is 4.84. The quantitative estimate of drug-likeness (QED) is 0.827. The second-order valence-corrected chi connectivity index (χ2v) is 6.13. The van der Waals surface area contributed by atoms with Crippen molar-refractivity contribution >= 4 is 33.9 Å². The van der Waals surface area contributed by atoms with E-state index in [2.05, 4.69) is 24.0 Å². The molecule has 0 spiro atoms. The molecule has 1 saturated carbocycles. The predicted octanol–water partition coefficient (Wildman–Crippen LogP) is 3.64. The Hall–Kier alpha value is -1.68. The van der Waals surface area contributed by atoms with Crippen LogP contribution in [0, 0.1) is 0 Å². The van der Waals surface area contributed by atoms with Crippen LogP contribution in [0.4, 0.5) is 5.82 Å². The third-order valence-electron chi connectivity index (χ3n) is 3.98. The minimum absolute atomic E-state index is 0.436. The molecule has 0 bridgehead atoms. The van der Waals surface area contributed by atoms with Gasteiger partial charge in [0, 0.05) is 18.0 Å². The predicted molar refractivity (Wildman–Crippen MR) is 92.9 cm³/mol. The molecule has 3 rings (SSSR count). The first-order valence-corrected chi connectivity index (χ1v) is 8.07. The second kappa shape index (κ2) is 5.98. The van der Waals surface area contributed by atoms with E-state index in [1.807, 2.05) is 18.2 Å². The van der Waals surface area contributed by atoms with Crippen LogP contribution in [0.5, 0.6) is 0 Å². The minimum Gasteiger partial charge on any atom is -0.389 e. The Morgan fingerprint density at radius 2 is 2.14 bits per heavy atom. The van der Waals surface area contributed by atoms with Crippen LogP contribution in [0.25, 0.3) is 10.9 Å². The first kappa shape index (κ1) is 14.3. The SMILES string of the molecule is CCCCN(c1nc2ccccc2cc1C(N)=S)C1CC1. The number of aromatic nitrogens is 1. The lowest BCUT2D eigenvalue weighted by atomic mass is 10.1. The van der Waals surface area contributed by atoms with Gasteiger partial charge >= 0.3 is 0 Å². The van der Waals surface area contributed by atoms with Gasteiger partial charge in [0.2, 0.25) is 0 Å². The van der Waals surface area contributed by atoms with E-state index >= 15 is 0 Å². The number of nitrogens with zero attached hydrogens (tertiary/aromatic N) is 2. The van der Waals surface area contributed by atoms with Crippen molar-refractivity contribution in [2.24, 2.45) is 5.73 Å². The molecule has 1 fully saturated rings. The molecule has 0 aliphatic heterocycles. The number of rotatable bonds is 6. The molecule has 110 valence electrons. The first-order chi connectivity index (χ1) is 10.2. The number of fused-ring (bicyclic) bond motifs is 1. The van der Waals surface area contributed by atoms with Crippen LogP contribution in [0.1, 0.15) is 38.2 Å². The molecule has 0 saturated heterocycles. The standard InChI is InChI=1S/C17H21N3S/c1-2-3-10-20(13-8-9-13)17-14(16(18)21)11-12-6-4-5-7-15(12)19-17/h4-7,11,13H,2-3,8-10H2,1H3,(H2,18,21). The molecule has 21 heavy (non-hydrogen) atoms. The highest BCUT2D eigenvalue weighted by molar-refractivity contribution is 7.80. The summed E-state index contributed by atoms with van der Waals surface area (Å²) in [7, 11) is 0. The van der Waals surface area contributed by atoms with Crippen LogP contribution < -0.4 is 10.6 Å². The van der Waals surface area contributed by atoms with Gasteiger partial charge in [0.25, 0.3) is 0 Å². The van der Waals surface area contributed by atoms with Gasteiger partial charge in [-0.1, -0.05) is 43.8 Å². The molecule has 3 nitrogen and oxygen atoms in total. The van der Waals surface area contributed by atoms with E-state index in [4.69, 9.17) is 22.9 Å². The fraction of sp³-hybridized carbons (Fsp3) is 0.412. The maximum Gasteiger partial charge on any atom is 0.139 e. The monoisotopic (exact) mass is 299 g/mol. The summed E-state index contributed by atoms with van der Waals surface area (Å²) < 4.78 is 0. The highest BCUT2D eigenvalue weighted by Gasteiger charge is 2.31. The van der Waals surface area contributed by atoms with Gasteiger partial charge in [-0.3, -0.25) is 0 Å². The van der Waals surface area contributed by atoms with Gasteiger partial charge < -0.3 is 10.6 Å². The van der Waals surface area contributed by atoms with Gasteiger partial charge in [0.1, 0.15) is 10.8 Å². The molecule has 2 aromatic rings. The van der Waals surface area contributed by atoms with E-state index in [-0.39, 0.29) is 0 Å². The Kier molecular flexibility index (Phi) is 4.06. The molecule has 1 aromatic heterocycles. The third-order valence-corrected chi connectivity index (χ3v) is 4.20. The van der Waals surface area contributed by atoms with Crippen LogP contribution >= 0.6 is 12.2 Å². The molecular formula is C17H21N3S. The maximum atomic E-state index is 5.96. The molecule has 1 heterocycles. The Bertz CT molecular complexity index is 664. The Balaban J connectivity index is 2.09. The van der Waals surface area contributed by atoms with E-state index in [9.17, 15) is 0 Å². The van der Waals surface area contributed by atoms with E-state index in [0.717, 1.165) is 28.8 Å². The minimum atomic E-state index is 0.436. The fourth-order valence-corrected chi connectivity index (χ4v) is 2.83. The summed E-state index contributed by atoms with van der Waals surface area (Å²) in [5, 5.41) is 1.09. The molecule has 2 N–H and O–H groups in total. The zero-order valence-corrected chi connectivity index (χ0v) is 13.2. The number of para-hydroxylation sites is 1. The summed E-state index contributed by atoms with van der Waals surface area (Å²) >= 11 is 5.26. The van der Waals surface area contributed by atoms with Crippen molar-refractivity contribution in [3.05, 3.63) is 35.9 Å². The van der Waals surface area contributed by atoms with Crippen molar-refractivity contribution in [3.63, 3.8) is 0 Å². The van der Waals surface area contributed by atoms with Crippen molar-refractivity contribution in [3.8, 4) is 0 Å². The highest BCUT2D eigenvalue weighted by atomic mass is 32.1. The molecule has 0 radical (unpaired) electrons. The largest absolute Gasteiger partial charge is 0.389 e. The highest BCUT2D eigenvalue weighted by Crippen LogP contribution is 2.34. The van der Waals surface area contributed by atoms with E-state index < -0.39 is 0 Å². The van der Waals surface area contributed by atoms with Crippen LogP contribution in [-0.2, 0) is 0 Å². The van der Waals surface area contributed by atoms with Gasteiger partial charge in [-0.25, -0.2) is 4.98 Å². The number of nitrogens with two attached hydrogens (primary N) is 1. The summed E-state index contributed by atoms with van der Waals surface area (Å²) in [5.74, 6) is 0.970. The molecule has 0 atom stereocenters. The van der Waals surface area contributed by atoms with Crippen LogP contribution in [0.15, 0.2) is 30.3 Å². The van der Waals surface area contributed by atoms with Gasteiger partial charge in [-0.05, 0) is 31.4 Å². The van der Waals surface area contributed by atoms with E-state index in [0.29, 0.717) is 11.0 Å². The first-order valence-electron chi connectivity index (χ1n) is 7.67. The number of hydrogen-bond donors (Lipinski definition) is 1. The number of hydrogen-bond acceptors (Lipinski definition) is 3. The average molecular weight is 299 g/mol. The Morgan fingerprint density at radius 1 is 1.38 bits per heavy atom. The molecule has 1 aliphatic carbocycles. The summed E-state index contributed by atoms with van der Waals surface area (Å²) in [6.45, 7) is 3.25. The summed E-state index contributed by atoms with van der Waals surface area (Å²) in [6, 6.07) is 10.8. The topological polar surface area (TPSA) is 42.2 Å². The van der Waals surface area contributed by atoms with Crippen molar-refractivity contribution < 1.29 is 0 Å². The molecule has 0 unspecified atom stereocenters. The van der Waals surface area contributed by atoms with Crippen LogP contribution in [-0.4, -0.2) is 22.6 Å². The summed E-state index contributed by atoms with van der Waals surface area (Å²) in [5.41, 5.74) is 7.88. The Morgan fingerprint density at radius 3 is 2.81 bits per heavy atom.